The molecule has 1 aliphatic carbocycles. The van der Waals surface area contributed by atoms with Crippen LogP contribution >= 0.6 is 0 Å². The van der Waals surface area contributed by atoms with E-state index in [1.165, 1.54) is 6.20 Å². The maximum atomic E-state index is 12.0. The molecule has 1 aromatic carbocycles. The standard InChI is InChI=1S/C14H14N2O2/c17-14(18-11-7-4-8-11)12-9-15-16-13(12)10-5-2-1-3-6-10/h1-3,5-6,9,11H,4,7-8H2,(H,15,16). The number of hydrogen-bond acceptors (Lipinski definition) is 3. The number of aromatic nitrogens is 2. The average molecular weight is 242 g/mol. The van der Waals surface area contributed by atoms with E-state index in [0.717, 1.165) is 30.5 Å². The molecule has 18 heavy (non-hydrogen) atoms. The molecular formula is C14H14N2O2. The Balaban J connectivity index is 1.84. The molecule has 1 N–H and O–H groups in total. The van der Waals surface area contributed by atoms with E-state index >= 15 is 0 Å². The Labute approximate surface area is 105 Å². The molecule has 0 bridgehead atoms. The highest BCUT2D eigenvalue weighted by molar-refractivity contribution is 5.96. The van der Waals surface area contributed by atoms with Gasteiger partial charge >= 0.3 is 5.97 Å². The van der Waals surface area contributed by atoms with Crippen molar-refractivity contribution < 1.29 is 9.53 Å². The summed E-state index contributed by atoms with van der Waals surface area (Å²) in [5.41, 5.74) is 2.17. The van der Waals surface area contributed by atoms with E-state index < -0.39 is 0 Å². The molecule has 0 unspecified atom stereocenters. The van der Waals surface area contributed by atoms with Crippen LogP contribution in [-0.2, 0) is 4.74 Å². The summed E-state index contributed by atoms with van der Waals surface area (Å²) < 4.78 is 5.39. The van der Waals surface area contributed by atoms with Crippen LogP contribution in [-0.4, -0.2) is 22.3 Å². The number of carbonyl (C=O) groups excluding carboxylic acids is 1. The number of hydrogen-bond donors (Lipinski definition) is 1. The molecule has 1 saturated carbocycles. The predicted molar refractivity (Wildman–Crippen MR) is 67.1 cm³/mol. The van der Waals surface area contributed by atoms with Gasteiger partial charge in [-0.3, -0.25) is 5.10 Å². The van der Waals surface area contributed by atoms with E-state index in [0.29, 0.717) is 5.56 Å². The molecule has 1 aromatic heterocycles. The van der Waals surface area contributed by atoms with Crippen molar-refractivity contribution in [2.75, 3.05) is 0 Å². The van der Waals surface area contributed by atoms with Gasteiger partial charge in [0.2, 0.25) is 0 Å². The maximum Gasteiger partial charge on any atom is 0.342 e. The number of ether oxygens (including phenoxy) is 1. The van der Waals surface area contributed by atoms with Gasteiger partial charge in [-0.2, -0.15) is 5.10 Å². The molecule has 0 spiro atoms. The van der Waals surface area contributed by atoms with Crippen molar-refractivity contribution in [3.05, 3.63) is 42.1 Å². The Bertz CT molecular complexity index is 544. The van der Waals surface area contributed by atoms with Crippen LogP contribution in [0.5, 0.6) is 0 Å². The van der Waals surface area contributed by atoms with Crippen molar-refractivity contribution >= 4 is 5.97 Å². The molecule has 0 saturated heterocycles. The third-order valence-corrected chi connectivity index (χ3v) is 3.25. The minimum atomic E-state index is -0.285. The molecule has 1 heterocycles. The van der Waals surface area contributed by atoms with E-state index in [-0.39, 0.29) is 12.1 Å². The molecule has 4 nitrogen and oxygen atoms in total. The van der Waals surface area contributed by atoms with E-state index in [4.69, 9.17) is 4.74 Å². The molecule has 92 valence electrons. The number of nitrogens with one attached hydrogen (secondary N) is 1. The van der Waals surface area contributed by atoms with E-state index in [9.17, 15) is 4.79 Å². The van der Waals surface area contributed by atoms with Gasteiger partial charge in [-0.05, 0) is 19.3 Å². The predicted octanol–water partition coefficient (Wildman–Crippen LogP) is 2.79. The minimum absolute atomic E-state index is 0.0935. The summed E-state index contributed by atoms with van der Waals surface area (Å²) in [6, 6.07) is 9.67. The first-order valence-corrected chi connectivity index (χ1v) is 6.14. The van der Waals surface area contributed by atoms with Crippen molar-refractivity contribution in [3.8, 4) is 11.3 Å². The fraction of sp³-hybridized carbons (Fsp3) is 0.286. The van der Waals surface area contributed by atoms with Crippen LogP contribution in [0.15, 0.2) is 36.5 Å². The normalized spacial score (nSPS) is 15.1. The van der Waals surface area contributed by atoms with Gasteiger partial charge in [0.1, 0.15) is 11.7 Å². The van der Waals surface area contributed by atoms with Gasteiger partial charge in [0.05, 0.1) is 11.9 Å². The van der Waals surface area contributed by atoms with Crippen molar-refractivity contribution in [2.45, 2.75) is 25.4 Å². The second-order valence-electron chi connectivity index (χ2n) is 4.48. The van der Waals surface area contributed by atoms with Crippen LogP contribution in [0.1, 0.15) is 29.6 Å². The highest BCUT2D eigenvalue weighted by Crippen LogP contribution is 2.26. The average Bonchev–Trinajstić information content (AvgIpc) is 2.84. The molecule has 1 aliphatic rings. The molecule has 3 rings (SSSR count). The number of carbonyl (C=O) groups is 1. The Morgan fingerprint density at radius 2 is 2.06 bits per heavy atom. The Morgan fingerprint density at radius 3 is 2.72 bits per heavy atom. The van der Waals surface area contributed by atoms with Gasteiger partial charge < -0.3 is 4.74 Å². The minimum Gasteiger partial charge on any atom is -0.459 e. The van der Waals surface area contributed by atoms with Crippen LogP contribution in [0.2, 0.25) is 0 Å². The van der Waals surface area contributed by atoms with E-state index in [1.807, 2.05) is 30.3 Å². The zero-order valence-electron chi connectivity index (χ0n) is 9.93. The first-order chi connectivity index (χ1) is 8.84. The summed E-state index contributed by atoms with van der Waals surface area (Å²) in [5, 5.41) is 6.81. The van der Waals surface area contributed by atoms with Crippen LogP contribution in [0.4, 0.5) is 0 Å². The fourth-order valence-electron chi connectivity index (χ4n) is 1.97. The van der Waals surface area contributed by atoms with Crippen molar-refractivity contribution in [3.63, 3.8) is 0 Å². The zero-order chi connectivity index (χ0) is 12.4. The maximum absolute atomic E-state index is 12.0. The molecule has 1 fully saturated rings. The summed E-state index contributed by atoms with van der Waals surface area (Å²) >= 11 is 0. The number of esters is 1. The third kappa shape index (κ3) is 2.01. The molecule has 0 radical (unpaired) electrons. The first kappa shape index (κ1) is 11.0. The van der Waals surface area contributed by atoms with E-state index in [2.05, 4.69) is 10.2 Å². The van der Waals surface area contributed by atoms with Crippen molar-refractivity contribution in [1.82, 2.24) is 10.2 Å². The molecule has 0 amide bonds. The van der Waals surface area contributed by atoms with Gasteiger partial charge in [0, 0.05) is 5.56 Å². The lowest BCUT2D eigenvalue weighted by atomic mass is 9.96. The lowest BCUT2D eigenvalue weighted by molar-refractivity contribution is 0.00910. The van der Waals surface area contributed by atoms with Gasteiger partial charge in [0.15, 0.2) is 0 Å². The number of aromatic amines is 1. The topological polar surface area (TPSA) is 55.0 Å². The second kappa shape index (κ2) is 4.64. The lowest BCUT2D eigenvalue weighted by Gasteiger charge is -2.25. The van der Waals surface area contributed by atoms with E-state index in [1.54, 1.807) is 0 Å². The quantitative estimate of drug-likeness (QED) is 0.842. The summed E-state index contributed by atoms with van der Waals surface area (Å²) in [6.07, 6.45) is 4.73. The van der Waals surface area contributed by atoms with Crippen LogP contribution < -0.4 is 0 Å². The first-order valence-electron chi connectivity index (χ1n) is 6.14. The molecule has 0 aliphatic heterocycles. The third-order valence-electron chi connectivity index (χ3n) is 3.25. The number of rotatable bonds is 3. The molecule has 2 aromatic rings. The van der Waals surface area contributed by atoms with Crippen LogP contribution in [0, 0.1) is 0 Å². The second-order valence-corrected chi connectivity index (χ2v) is 4.48. The fourth-order valence-corrected chi connectivity index (χ4v) is 1.97. The number of benzene rings is 1. The zero-order valence-corrected chi connectivity index (χ0v) is 9.93. The number of H-pyrrole nitrogens is 1. The van der Waals surface area contributed by atoms with Gasteiger partial charge in [0.25, 0.3) is 0 Å². The summed E-state index contributed by atoms with van der Waals surface area (Å²) in [7, 11) is 0. The summed E-state index contributed by atoms with van der Waals surface area (Å²) in [4.78, 5) is 12.0. The Kier molecular flexibility index (Phi) is 2.84. The summed E-state index contributed by atoms with van der Waals surface area (Å²) in [5.74, 6) is -0.285. The van der Waals surface area contributed by atoms with Crippen molar-refractivity contribution in [2.24, 2.45) is 0 Å². The SMILES string of the molecule is O=C(OC1CCC1)c1cn[nH]c1-c1ccccc1. The van der Waals surface area contributed by atoms with Gasteiger partial charge in [-0.25, -0.2) is 4.79 Å². The Hall–Kier alpha value is -2.10. The van der Waals surface area contributed by atoms with Crippen LogP contribution in [0.25, 0.3) is 11.3 Å². The monoisotopic (exact) mass is 242 g/mol. The molecular weight excluding hydrogens is 228 g/mol. The van der Waals surface area contributed by atoms with Gasteiger partial charge in [-0.15, -0.1) is 0 Å². The van der Waals surface area contributed by atoms with Crippen molar-refractivity contribution in [1.29, 1.82) is 0 Å². The van der Waals surface area contributed by atoms with Crippen LogP contribution in [0.3, 0.4) is 0 Å². The molecule has 0 atom stereocenters. The smallest absolute Gasteiger partial charge is 0.342 e. The highest BCUT2D eigenvalue weighted by atomic mass is 16.5. The summed E-state index contributed by atoms with van der Waals surface area (Å²) in [6.45, 7) is 0. The largest absolute Gasteiger partial charge is 0.459 e. The Morgan fingerprint density at radius 1 is 1.28 bits per heavy atom. The van der Waals surface area contributed by atoms with Gasteiger partial charge in [-0.1, -0.05) is 30.3 Å². The highest BCUT2D eigenvalue weighted by Gasteiger charge is 2.24. The lowest BCUT2D eigenvalue weighted by Crippen LogP contribution is -2.25. The number of nitrogens with zero attached hydrogens (tertiary/aromatic N) is 1. The molecule has 4 heteroatoms.